The summed E-state index contributed by atoms with van der Waals surface area (Å²) in [7, 11) is 0. The fourth-order valence-electron chi connectivity index (χ4n) is 2.56. The molecule has 0 amide bonds. The lowest BCUT2D eigenvalue weighted by atomic mass is 10.0. The fraction of sp³-hybridized carbons (Fsp3) is 0.368. The van der Waals surface area contributed by atoms with Crippen LogP contribution in [0.4, 0.5) is 0 Å². The van der Waals surface area contributed by atoms with E-state index in [1.807, 2.05) is 0 Å². The Hall–Kier alpha value is -1.80. The molecule has 0 spiro atoms. The SMILES string of the molecule is NCCc1cc(Cc2ccccc2)ccc1OCC1CC1. The largest absolute Gasteiger partial charge is 0.493 e. The molecule has 2 heteroatoms. The molecular weight excluding hydrogens is 258 g/mol. The van der Waals surface area contributed by atoms with Crippen LogP contribution in [0.3, 0.4) is 0 Å². The fourth-order valence-corrected chi connectivity index (χ4v) is 2.56. The van der Waals surface area contributed by atoms with Crippen LogP contribution in [0.25, 0.3) is 0 Å². The van der Waals surface area contributed by atoms with Crippen LogP contribution in [0, 0.1) is 5.92 Å². The first-order chi connectivity index (χ1) is 10.3. The summed E-state index contributed by atoms with van der Waals surface area (Å²) in [5, 5.41) is 0. The average Bonchev–Trinajstić information content (AvgIpc) is 3.32. The van der Waals surface area contributed by atoms with E-state index in [1.165, 1.54) is 29.5 Å². The minimum Gasteiger partial charge on any atom is -0.493 e. The number of rotatable bonds is 7. The molecule has 0 atom stereocenters. The van der Waals surface area contributed by atoms with Crippen molar-refractivity contribution in [3.8, 4) is 5.75 Å². The molecule has 0 radical (unpaired) electrons. The van der Waals surface area contributed by atoms with Crippen molar-refractivity contribution in [2.24, 2.45) is 11.7 Å². The van der Waals surface area contributed by atoms with Crippen LogP contribution in [0.15, 0.2) is 48.5 Å². The highest BCUT2D eigenvalue weighted by molar-refractivity contribution is 5.39. The number of ether oxygens (including phenoxy) is 1. The van der Waals surface area contributed by atoms with Crippen LogP contribution < -0.4 is 10.5 Å². The third-order valence-electron chi connectivity index (χ3n) is 3.96. The second-order valence-electron chi connectivity index (χ2n) is 5.90. The van der Waals surface area contributed by atoms with Gasteiger partial charge in [0, 0.05) is 0 Å². The molecule has 1 aliphatic carbocycles. The summed E-state index contributed by atoms with van der Waals surface area (Å²) >= 11 is 0. The van der Waals surface area contributed by atoms with Gasteiger partial charge in [0.25, 0.3) is 0 Å². The van der Waals surface area contributed by atoms with Crippen LogP contribution in [0.1, 0.15) is 29.5 Å². The molecule has 21 heavy (non-hydrogen) atoms. The first-order valence-electron chi connectivity index (χ1n) is 7.84. The Bertz CT molecular complexity index is 575. The zero-order valence-electron chi connectivity index (χ0n) is 12.4. The smallest absolute Gasteiger partial charge is 0.122 e. The molecule has 0 aliphatic heterocycles. The first kappa shape index (κ1) is 14.2. The number of nitrogens with two attached hydrogens (primary N) is 1. The molecule has 2 N–H and O–H groups in total. The van der Waals surface area contributed by atoms with Crippen molar-refractivity contribution < 1.29 is 4.74 Å². The normalized spacial score (nSPS) is 14.1. The molecular formula is C19H23NO. The minimum absolute atomic E-state index is 0.661. The van der Waals surface area contributed by atoms with Gasteiger partial charge in [-0.25, -0.2) is 0 Å². The van der Waals surface area contributed by atoms with E-state index in [0.29, 0.717) is 6.54 Å². The Kier molecular flexibility index (Phi) is 4.56. The van der Waals surface area contributed by atoms with Gasteiger partial charge in [0.2, 0.25) is 0 Å². The van der Waals surface area contributed by atoms with Crippen LogP contribution in [0.5, 0.6) is 5.75 Å². The topological polar surface area (TPSA) is 35.2 Å². The molecule has 0 unspecified atom stereocenters. The Morgan fingerprint density at radius 2 is 1.81 bits per heavy atom. The van der Waals surface area contributed by atoms with E-state index in [-0.39, 0.29) is 0 Å². The summed E-state index contributed by atoms with van der Waals surface area (Å²) in [5.74, 6) is 1.80. The lowest BCUT2D eigenvalue weighted by molar-refractivity contribution is 0.297. The zero-order chi connectivity index (χ0) is 14.5. The third-order valence-corrected chi connectivity index (χ3v) is 3.96. The molecule has 2 nitrogen and oxygen atoms in total. The maximum atomic E-state index is 5.96. The third kappa shape index (κ3) is 4.08. The first-order valence-corrected chi connectivity index (χ1v) is 7.84. The molecule has 3 rings (SSSR count). The summed E-state index contributed by atoms with van der Waals surface area (Å²) in [6.45, 7) is 1.52. The summed E-state index contributed by atoms with van der Waals surface area (Å²) in [6, 6.07) is 17.1. The van der Waals surface area contributed by atoms with Crippen molar-refractivity contribution in [2.45, 2.75) is 25.7 Å². The monoisotopic (exact) mass is 281 g/mol. The lowest BCUT2D eigenvalue weighted by Gasteiger charge is -2.13. The van der Waals surface area contributed by atoms with Crippen molar-refractivity contribution in [1.82, 2.24) is 0 Å². The molecule has 1 fully saturated rings. The molecule has 0 aromatic heterocycles. The number of hydrogen-bond acceptors (Lipinski definition) is 2. The van der Waals surface area contributed by atoms with E-state index in [0.717, 1.165) is 31.1 Å². The zero-order valence-corrected chi connectivity index (χ0v) is 12.4. The van der Waals surface area contributed by atoms with Gasteiger partial charge in [0.05, 0.1) is 6.61 Å². The van der Waals surface area contributed by atoms with Crippen LogP contribution in [-0.4, -0.2) is 13.2 Å². The van der Waals surface area contributed by atoms with E-state index >= 15 is 0 Å². The van der Waals surface area contributed by atoms with Gasteiger partial charge in [-0.1, -0.05) is 42.5 Å². The highest BCUT2D eigenvalue weighted by atomic mass is 16.5. The van der Waals surface area contributed by atoms with Gasteiger partial charge < -0.3 is 10.5 Å². The van der Waals surface area contributed by atoms with Crippen LogP contribution in [-0.2, 0) is 12.8 Å². The Balaban J connectivity index is 1.73. The predicted octanol–water partition coefficient (Wildman–Crippen LogP) is 3.57. The number of benzene rings is 2. The van der Waals surface area contributed by atoms with E-state index in [9.17, 15) is 0 Å². The molecule has 0 heterocycles. The maximum Gasteiger partial charge on any atom is 0.122 e. The minimum atomic E-state index is 0.661. The molecule has 110 valence electrons. The molecule has 2 aromatic carbocycles. The number of hydrogen-bond donors (Lipinski definition) is 1. The predicted molar refractivity (Wildman–Crippen MR) is 86.7 cm³/mol. The van der Waals surface area contributed by atoms with Gasteiger partial charge in [-0.15, -0.1) is 0 Å². The van der Waals surface area contributed by atoms with Crippen molar-refractivity contribution in [2.75, 3.05) is 13.2 Å². The standard InChI is InChI=1S/C19H23NO/c20-11-10-18-13-17(12-15-4-2-1-3-5-15)8-9-19(18)21-14-16-6-7-16/h1-5,8-9,13,16H,6-7,10-12,14,20H2. The molecule has 1 aliphatic rings. The summed E-state index contributed by atoms with van der Waals surface area (Å²) in [6.07, 6.45) is 4.47. The Morgan fingerprint density at radius 3 is 2.52 bits per heavy atom. The van der Waals surface area contributed by atoms with Crippen LogP contribution >= 0.6 is 0 Å². The molecule has 2 aromatic rings. The van der Waals surface area contributed by atoms with Gasteiger partial charge in [0.1, 0.15) is 5.75 Å². The van der Waals surface area contributed by atoms with Gasteiger partial charge in [0.15, 0.2) is 0 Å². The second kappa shape index (κ2) is 6.77. The van der Waals surface area contributed by atoms with Crippen LogP contribution in [0.2, 0.25) is 0 Å². The Labute approximate surface area is 126 Å². The highest BCUT2D eigenvalue weighted by Gasteiger charge is 2.22. The summed E-state index contributed by atoms with van der Waals surface area (Å²) in [4.78, 5) is 0. The van der Waals surface area contributed by atoms with E-state index in [2.05, 4.69) is 48.5 Å². The highest BCUT2D eigenvalue weighted by Crippen LogP contribution is 2.31. The molecule has 0 bridgehead atoms. The molecule has 1 saturated carbocycles. The summed E-state index contributed by atoms with van der Waals surface area (Å²) < 4.78 is 5.96. The van der Waals surface area contributed by atoms with Gasteiger partial charge in [-0.2, -0.15) is 0 Å². The van der Waals surface area contributed by atoms with Crippen molar-refractivity contribution in [1.29, 1.82) is 0 Å². The quantitative estimate of drug-likeness (QED) is 0.842. The van der Waals surface area contributed by atoms with Gasteiger partial charge in [-0.3, -0.25) is 0 Å². The van der Waals surface area contributed by atoms with E-state index in [4.69, 9.17) is 10.5 Å². The van der Waals surface area contributed by atoms with E-state index < -0.39 is 0 Å². The average molecular weight is 281 g/mol. The Morgan fingerprint density at radius 1 is 1.00 bits per heavy atom. The van der Waals surface area contributed by atoms with E-state index in [1.54, 1.807) is 0 Å². The van der Waals surface area contributed by atoms with Crippen molar-refractivity contribution >= 4 is 0 Å². The van der Waals surface area contributed by atoms with Gasteiger partial charge >= 0.3 is 0 Å². The lowest BCUT2D eigenvalue weighted by Crippen LogP contribution is -2.07. The van der Waals surface area contributed by atoms with Gasteiger partial charge in [-0.05, 0) is 60.9 Å². The van der Waals surface area contributed by atoms with Crippen molar-refractivity contribution in [3.63, 3.8) is 0 Å². The molecule has 0 saturated heterocycles. The van der Waals surface area contributed by atoms with Crippen molar-refractivity contribution in [3.05, 3.63) is 65.2 Å². The maximum absolute atomic E-state index is 5.96. The summed E-state index contributed by atoms with van der Waals surface area (Å²) in [5.41, 5.74) is 9.65. The second-order valence-corrected chi connectivity index (χ2v) is 5.90.